The lowest BCUT2D eigenvalue weighted by atomic mass is 9.93. The molecule has 0 spiro atoms. The molecule has 17 heavy (non-hydrogen) atoms. The van der Waals surface area contributed by atoms with Crippen molar-refractivity contribution in [3.8, 4) is 0 Å². The Morgan fingerprint density at radius 1 is 1.47 bits per heavy atom. The van der Waals surface area contributed by atoms with E-state index in [-0.39, 0.29) is 6.42 Å². The number of nitrogens with two attached hydrogens (primary N) is 1. The minimum absolute atomic E-state index is 0.235. The predicted molar refractivity (Wildman–Crippen MR) is 72.8 cm³/mol. The quantitative estimate of drug-likeness (QED) is 0.799. The van der Waals surface area contributed by atoms with Crippen LogP contribution in [0.1, 0.15) is 18.1 Å². The summed E-state index contributed by atoms with van der Waals surface area (Å²) in [6.45, 7) is 1.06. The van der Waals surface area contributed by atoms with Gasteiger partial charge in [0, 0.05) is 16.4 Å². The van der Waals surface area contributed by atoms with E-state index in [2.05, 4.69) is 22.6 Å². The van der Waals surface area contributed by atoms with E-state index in [0.29, 0.717) is 6.42 Å². The molecule has 0 amide bonds. The number of carboxylic acid groups (broad SMARTS) is 1. The summed E-state index contributed by atoms with van der Waals surface area (Å²) < 4.78 is 13.2. The van der Waals surface area contributed by atoms with Gasteiger partial charge in [-0.2, -0.15) is 0 Å². The molecule has 0 fully saturated rings. The van der Waals surface area contributed by atoms with Crippen LogP contribution in [0.5, 0.6) is 0 Å². The third kappa shape index (κ3) is 4.23. The first-order chi connectivity index (χ1) is 7.85. The maximum Gasteiger partial charge on any atom is 0.323 e. The molecule has 0 aliphatic carbocycles. The van der Waals surface area contributed by atoms with Crippen molar-refractivity contribution in [2.24, 2.45) is 5.73 Å². The summed E-state index contributed by atoms with van der Waals surface area (Å²) in [7, 11) is 0. The zero-order chi connectivity index (χ0) is 13.1. The first kappa shape index (κ1) is 14.4. The van der Waals surface area contributed by atoms with E-state index in [0.717, 1.165) is 14.7 Å². The summed E-state index contributed by atoms with van der Waals surface area (Å²) in [4.78, 5) is 10.9. The van der Waals surface area contributed by atoms with Gasteiger partial charge in [0.05, 0.1) is 6.67 Å². The highest BCUT2D eigenvalue weighted by molar-refractivity contribution is 14.1. The van der Waals surface area contributed by atoms with Gasteiger partial charge in [-0.1, -0.05) is 6.07 Å². The molecule has 0 saturated carbocycles. The van der Waals surface area contributed by atoms with E-state index < -0.39 is 18.2 Å². The van der Waals surface area contributed by atoms with Crippen LogP contribution >= 0.6 is 22.6 Å². The smallest absolute Gasteiger partial charge is 0.323 e. The molecule has 0 saturated heterocycles. The summed E-state index contributed by atoms with van der Waals surface area (Å²) in [5.74, 6) is -1.04. The standard InChI is InChI=1S/C12H15FINO2/c1-12(15,11(16)17)7-9-4-8(2-3-13)5-10(14)6-9/h4-6H,2-3,7,15H2,1H3,(H,16,17)/t12-/m0/s1. The third-order valence-corrected chi connectivity index (χ3v) is 3.08. The topological polar surface area (TPSA) is 63.3 Å². The van der Waals surface area contributed by atoms with Gasteiger partial charge < -0.3 is 10.8 Å². The lowest BCUT2D eigenvalue weighted by Crippen LogP contribution is -2.46. The van der Waals surface area contributed by atoms with Gasteiger partial charge in [-0.3, -0.25) is 9.18 Å². The molecule has 1 atom stereocenters. The van der Waals surface area contributed by atoms with Gasteiger partial charge in [-0.25, -0.2) is 0 Å². The van der Waals surface area contributed by atoms with Crippen molar-refractivity contribution in [2.75, 3.05) is 6.67 Å². The first-order valence-electron chi connectivity index (χ1n) is 5.22. The fourth-order valence-corrected chi connectivity index (χ4v) is 2.37. The summed E-state index contributed by atoms with van der Waals surface area (Å²) in [6.07, 6.45) is 0.580. The number of benzene rings is 1. The Labute approximate surface area is 113 Å². The van der Waals surface area contributed by atoms with Crippen LogP contribution < -0.4 is 5.73 Å². The average Bonchev–Trinajstić information content (AvgIpc) is 2.15. The van der Waals surface area contributed by atoms with Gasteiger partial charge in [0.25, 0.3) is 0 Å². The first-order valence-corrected chi connectivity index (χ1v) is 6.29. The van der Waals surface area contributed by atoms with Crippen molar-refractivity contribution in [1.82, 2.24) is 0 Å². The van der Waals surface area contributed by atoms with Gasteiger partial charge in [0.15, 0.2) is 0 Å². The molecule has 1 rings (SSSR count). The van der Waals surface area contributed by atoms with Crippen LogP contribution in [0.15, 0.2) is 18.2 Å². The van der Waals surface area contributed by atoms with Crippen molar-refractivity contribution in [2.45, 2.75) is 25.3 Å². The Kier molecular flexibility index (Phi) is 4.88. The van der Waals surface area contributed by atoms with E-state index in [1.165, 1.54) is 6.92 Å². The molecule has 94 valence electrons. The van der Waals surface area contributed by atoms with Crippen LogP contribution in [0.3, 0.4) is 0 Å². The number of aliphatic carboxylic acids is 1. The highest BCUT2D eigenvalue weighted by Gasteiger charge is 2.28. The number of halogens is 2. The summed E-state index contributed by atoms with van der Waals surface area (Å²) in [6, 6.07) is 5.57. The summed E-state index contributed by atoms with van der Waals surface area (Å²) in [5.41, 5.74) is 6.09. The third-order valence-electron chi connectivity index (χ3n) is 2.46. The molecule has 1 aromatic carbocycles. The number of alkyl halides is 1. The minimum Gasteiger partial charge on any atom is -0.480 e. The van der Waals surface area contributed by atoms with Gasteiger partial charge in [-0.05, 0) is 52.8 Å². The van der Waals surface area contributed by atoms with Crippen LogP contribution in [0, 0.1) is 3.57 Å². The average molecular weight is 351 g/mol. The Bertz CT molecular complexity index is 421. The number of hydrogen-bond donors (Lipinski definition) is 2. The number of rotatable bonds is 5. The van der Waals surface area contributed by atoms with Gasteiger partial charge >= 0.3 is 5.97 Å². The Balaban J connectivity index is 2.95. The molecule has 1 aromatic rings. The molecule has 0 aliphatic rings. The van der Waals surface area contributed by atoms with Crippen molar-refractivity contribution >= 4 is 28.6 Å². The predicted octanol–water partition coefficient (Wildman–Crippen LogP) is 2.15. The Morgan fingerprint density at radius 2 is 2.06 bits per heavy atom. The Hall–Kier alpha value is -0.690. The van der Waals surface area contributed by atoms with Crippen molar-refractivity contribution in [3.63, 3.8) is 0 Å². The van der Waals surface area contributed by atoms with Gasteiger partial charge in [0.1, 0.15) is 5.54 Å². The zero-order valence-electron chi connectivity index (χ0n) is 9.54. The lowest BCUT2D eigenvalue weighted by Gasteiger charge is -2.19. The van der Waals surface area contributed by atoms with Gasteiger partial charge in [-0.15, -0.1) is 0 Å². The zero-order valence-corrected chi connectivity index (χ0v) is 11.7. The number of aryl methyl sites for hydroxylation is 1. The van der Waals surface area contributed by atoms with Crippen molar-refractivity contribution in [3.05, 3.63) is 32.9 Å². The largest absolute Gasteiger partial charge is 0.480 e. The molecule has 0 radical (unpaired) electrons. The molecule has 0 unspecified atom stereocenters. The maximum absolute atomic E-state index is 12.3. The number of carbonyl (C=O) groups is 1. The monoisotopic (exact) mass is 351 g/mol. The van der Waals surface area contributed by atoms with E-state index in [9.17, 15) is 9.18 Å². The molecule has 0 heterocycles. The number of hydrogen-bond acceptors (Lipinski definition) is 2. The second-order valence-electron chi connectivity index (χ2n) is 4.31. The minimum atomic E-state index is -1.29. The Morgan fingerprint density at radius 3 is 2.59 bits per heavy atom. The maximum atomic E-state index is 12.3. The lowest BCUT2D eigenvalue weighted by molar-refractivity contribution is -0.142. The fraction of sp³-hybridized carbons (Fsp3) is 0.417. The normalized spacial score (nSPS) is 14.4. The molecular formula is C12H15FINO2. The molecule has 3 N–H and O–H groups in total. The van der Waals surface area contributed by atoms with E-state index >= 15 is 0 Å². The summed E-state index contributed by atoms with van der Waals surface area (Å²) >= 11 is 2.13. The highest BCUT2D eigenvalue weighted by atomic mass is 127. The van der Waals surface area contributed by atoms with Crippen LogP contribution in [0.4, 0.5) is 4.39 Å². The van der Waals surface area contributed by atoms with Crippen LogP contribution in [-0.2, 0) is 17.6 Å². The summed E-state index contributed by atoms with van der Waals surface area (Å²) in [5, 5.41) is 8.96. The molecule has 0 aliphatic heterocycles. The molecule has 3 nitrogen and oxygen atoms in total. The number of carboxylic acids is 1. The van der Waals surface area contributed by atoms with Crippen LogP contribution in [-0.4, -0.2) is 23.3 Å². The van der Waals surface area contributed by atoms with Crippen LogP contribution in [0.2, 0.25) is 0 Å². The fourth-order valence-electron chi connectivity index (χ4n) is 1.57. The molecular weight excluding hydrogens is 336 g/mol. The van der Waals surface area contributed by atoms with E-state index in [4.69, 9.17) is 10.8 Å². The van der Waals surface area contributed by atoms with E-state index in [1.54, 1.807) is 0 Å². The van der Waals surface area contributed by atoms with Crippen molar-refractivity contribution < 1.29 is 14.3 Å². The SMILES string of the molecule is C[C@](N)(Cc1cc(I)cc(CCF)c1)C(=O)O. The van der Waals surface area contributed by atoms with E-state index in [1.807, 2.05) is 18.2 Å². The van der Waals surface area contributed by atoms with Gasteiger partial charge in [0.2, 0.25) is 0 Å². The van der Waals surface area contributed by atoms with Crippen LogP contribution in [0.25, 0.3) is 0 Å². The molecule has 0 aromatic heterocycles. The van der Waals surface area contributed by atoms with Crippen molar-refractivity contribution in [1.29, 1.82) is 0 Å². The molecule has 5 heteroatoms. The second kappa shape index (κ2) is 5.77. The highest BCUT2D eigenvalue weighted by Crippen LogP contribution is 2.17. The second-order valence-corrected chi connectivity index (χ2v) is 5.55. The molecule has 0 bridgehead atoms.